The first-order valence-corrected chi connectivity index (χ1v) is 8.96. The van der Waals surface area contributed by atoms with Gasteiger partial charge in [0.1, 0.15) is 10.7 Å². The third-order valence-electron chi connectivity index (χ3n) is 3.90. The Hall–Kier alpha value is -2.87. The van der Waals surface area contributed by atoms with Gasteiger partial charge >= 0.3 is 0 Å². The van der Waals surface area contributed by atoms with Crippen LogP contribution in [0.25, 0.3) is 17.1 Å². The summed E-state index contributed by atoms with van der Waals surface area (Å²) in [6, 6.07) is 9.51. The highest BCUT2D eigenvalue weighted by atomic mass is 35.5. The van der Waals surface area contributed by atoms with Crippen LogP contribution in [0.2, 0.25) is 15.1 Å². The summed E-state index contributed by atoms with van der Waals surface area (Å²) in [5.41, 5.74) is 1.17. The molecule has 3 heterocycles. The maximum Gasteiger partial charge on any atom is 0.288 e. The number of aliphatic imine (C=N–C) groups is 1. The van der Waals surface area contributed by atoms with E-state index in [1.165, 1.54) is 24.6 Å². The minimum absolute atomic E-state index is 0.0509. The molecule has 7 nitrogen and oxygen atoms in total. The fraction of sp³-hybridized carbons (Fsp3) is 0. The van der Waals surface area contributed by atoms with Crippen LogP contribution in [-0.4, -0.2) is 20.5 Å². The van der Waals surface area contributed by atoms with Crippen molar-refractivity contribution in [2.45, 2.75) is 0 Å². The van der Waals surface area contributed by atoms with E-state index in [2.05, 4.69) is 9.98 Å². The number of aromatic nitrogens is 2. The van der Waals surface area contributed by atoms with Crippen molar-refractivity contribution in [1.82, 2.24) is 9.38 Å². The number of imidazole rings is 1. The zero-order valence-electron chi connectivity index (χ0n) is 13.8. The lowest BCUT2D eigenvalue weighted by Gasteiger charge is -2.02. The number of fused-ring (bicyclic) bond motifs is 1. The van der Waals surface area contributed by atoms with E-state index in [9.17, 15) is 10.1 Å². The molecule has 3 aromatic heterocycles. The van der Waals surface area contributed by atoms with Gasteiger partial charge in [-0.1, -0.05) is 34.8 Å². The first-order chi connectivity index (χ1) is 13.4. The van der Waals surface area contributed by atoms with Gasteiger partial charge in [0.25, 0.3) is 5.69 Å². The second kappa shape index (κ2) is 7.27. The van der Waals surface area contributed by atoms with Gasteiger partial charge in [0.05, 0.1) is 21.2 Å². The Bertz CT molecular complexity index is 1230. The predicted molar refractivity (Wildman–Crippen MR) is 108 cm³/mol. The van der Waals surface area contributed by atoms with E-state index in [1.807, 2.05) is 0 Å². The lowest BCUT2D eigenvalue weighted by atomic mass is 10.2. The smallest absolute Gasteiger partial charge is 0.288 e. The van der Waals surface area contributed by atoms with E-state index in [1.54, 1.807) is 34.9 Å². The summed E-state index contributed by atoms with van der Waals surface area (Å²) in [6.45, 7) is 0. The van der Waals surface area contributed by atoms with E-state index >= 15 is 0 Å². The monoisotopic (exact) mass is 434 g/mol. The molecule has 1 aromatic carbocycles. The third-order valence-corrected chi connectivity index (χ3v) is 4.75. The molecule has 0 amide bonds. The first-order valence-electron chi connectivity index (χ1n) is 7.83. The molecule has 0 aliphatic rings. The molecule has 0 atom stereocenters. The van der Waals surface area contributed by atoms with Crippen molar-refractivity contribution in [3.63, 3.8) is 0 Å². The maximum absolute atomic E-state index is 11.1. The Morgan fingerprint density at radius 2 is 2.00 bits per heavy atom. The SMILES string of the molecule is O=[N+]([O-])c1cc(C=Nc2c(-c3ccco3)nc3ccc(Cl)cn23)c(Cl)cc1Cl. The molecule has 0 radical (unpaired) electrons. The summed E-state index contributed by atoms with van der Waals surface area (Å²) in [6.07, 6.45) is 4.59. The summed E-state index contributed by atoms with van der Waals surface area (Å²) in [5.74, 6) is 0.946. The summed E-state index contributed by atoms with van der Waals surface area (Å²) in [5, 5.41) is 11.8. The highest BCUT2D eigenvalue weighted by molar-refractivity contribution is 6.37. The molecular weight excluding hydrogens is 427 g/mol. The molecular formula is C18H9Cl3N4O3. The molecule has 0 saturated heterocycles. The Labute approximate surface area is 173 Å². The molecule has 28 heavy (non-hydrogen) atoms. The molecule has 140 valence electrons. The molecule has 0 aliphatic heterocycles. The van der Waals surface area contributed by atoms with Crippen LogP contribution in [0.5, 0.6) is 0 Å². The van der Waals surface area contributed by atoms with E-state index in [-0.39, 0.29) is 15.7 Å². The van der Waals surface area contributed by atoms with Gasteiger partial charge < -0.3 is 4.42 Å². The number of nitrogens with zero attached hydrogens (tertiary/aromatic N) is 4. The molecule has 4 rings (SSSR count). The topological polar surface area (TPSA) is 85.9 Å². The lowest BCUT2D eigenvalue weighted by molar-refractivity contribution is -0.384. The van der Waals surface area contributed by atoms with Crippen LogP contribution in [0, 0.1) is 10.1 Å². The zero-order valence-corrected chi connectivity index (χ0v) is 16.1. The van der Waals surface area contributed by atoms with E-state index < -0.39 is 4.92 Å². The van der Waals surface area contributed by atoms with Gasteiger partial charge in [0, 0.05) is 24.0 Å². The number of pyridine rings is 1. The number of furan rings is 1. The molecule has 0 spiro atoms. The molecule has 0 bridgehead atoms. The normalized spacial score (nSPS) is 11.5. The quantitative estimate of drug-likeness (QED) is 0.216. The number of hydrogen-bond donors (Lipinski definition) is 0. The maximum atomic E-state index is 11.1. The lowest BCUT2D eigenvalue weighted by Crippen LogP contribution is -1.93. The van der Waals surface area contributed by atoms with E-state index in [0.29, 0.717) is 33.5 Å². The minimum Gasteiger partial charge on any atom is -0.463 e. The van der Waals surface area contributed by atoms with Crippen LogP contribution < -0.4 is 0 Å². The van der Waals surface area contributed by atoms with Crippen LogP contribution in [0.1, 0.15) is 5.56 Å². The van der Waals surface area contributed by atoms with Gasteiger partial charge in [-0.2, -0.15) is 0 Å². The summed E-state index contributed by atoms with van der Waals surface area (Å²) >= 11 is 18.1. The summed E-state index contributed by atoms with van der Waals surface area (Å²) in [7, 11) is 0. The first kappa shape index (κ1) is 18.5. The van der Waals surface area contributed by atoms with Crippen LogP contribution in [0.3, 0.4) is 0 Å². The van der Waals surface area contributed by atoms with Gasteiger partial charge in [-0.05, 0) is 30.3 Å². The van der Waals surface area contributed by atoms with Gasteiger partial charge in [-0.15, -0.1) is 0 Å². The average Bonchev–Trinajstić information content (AvgIpc) is 3.28. The second-order valence-corrected chi connectivity index (χ2v) is 6.93. The molecule has 4 aromatic rings. The fourth-order valence-electron chi connectivity index (χ4n) is 2.63. The fourth-order valence-corrected chi connectivity index (χ4v) is 3.29. The highest BCUT2D eigenvalue weighted by Crippen LogP contribution is 2.33. The van der Waals surface area contributed by atoms with Crippen molar-refractivity contribution in [2.24, 2.45) is 4.99 Å². The summed E-state index contributed by atoms with van der Waals surface area (Å²) < 4.78 is 7.14. The number of nitro benzene ring substituents is 1. The number of hydrogen-bond acceptors (Lipinski definition) is 5. The van der Waals surface area contributed by atoms with Crippen molar-refractivity contribution in [1.29, 1.82) is 0 Å². The van der Waals surface area contributed by atoms with Crippen molar-refractivity contribution in [3.05, 3.63) is 79.6 Å². The molecule has 10 heteroatoms. The van der Waals surface area contributed by atoms with Crippen LogP contribution in [0.15, 0.2) is 58.3 Å². The van der Waals surface area contributed by atoms with Crippen molar-refractivity contribution in [2.75, 3.05) is 0 Å². The van der Waals surface area contributed by atoms with Crippen LogP contribution in [0.4, 0.5) is 11.5 Å². The Balaban J connectivity index is 1.88. The second-order valence-electron chi connectivity index (χ2n) is 5.68. The predicted octanol–water partition coefficient (Wildman–Crippen LogP) is 6.21. The Morgan fingerprint density at radius 1 is 1.18 bits per heavy atom. The highest BCUT2D eigenvalue weighted by Gasteiger charge is 2.18. The van der Waals surface area contributed by atoms with Gasteiger partial charge in [-0.3, -0.25) is 14.5 Å². The number of rotatable bonds is 4. The van der Waals surface area contributed by atoms with Gasteiger partial charge in [0.15, 0.2) is 17.3 Å². The largest absolute Gasteiger partial charge is 0.463 e. The van der Waals surface area contributed by atoms with Crippen molar-refractivity contribution >= 4 is 58.2 Å². The van der Waals surface area contributed by atoms with E-state index in [4.69, 9.17) is 39.2 Å². The standard InChI is InChI=1S/C18H9Cl3N4O3/c19-11-3-4-16-23-17(15-2-1-5-28-15)18(24(16)9-11)22-8-10-6-14(25(26)27)13(21)7-12(10)20/h1-9H. The Kier molecular flexibility index (Phi) is 4.80. The van der Waals surface area contributed by atoms with Crippen molar-refractivity contribution in [3.8, 4) is 11.5 Å². The third kappa shape index (κ3) is 3.35. The molecule has 0 N–H and O–H groups in total. The number of benzene rings is 1. The van der Waals surface area contributed by atoms with Gasteiger partial charge in [-0.25, -0.2) is 9.98 Å². The molecule has 0 unspecified atom stereocenters. The molecule has 0 saturated carbocycles. The van der Waals surface area contributed by atoms with Crippen molar-refractivity contribution < 1.29 is 9.34 Å². The molecule has 0 aliphatic carbocycles. The van der Waals surface area contributed by atoms with Crippen LogP contribution >= 0.6 is 34.8 Å². The zero-order chi connectivity index (χ0) is 19.8. The van der Waals surface area contributed by atoms with E-state index in [0.717, 1.165) is 0 Å². The summed E-state index contributed by atoms with van der Waals surface area (Å²) in [4.78, 5) is 19.5. The van der Waals surface area contributed by atoms with Crippen LogP contribution in [-0.2, 0) is 0 Å². The Morgan fingerprint density at radius 3 is 2.71 bits per heavy atom. The average molecular weight is 436 g/mol. The minimum atomic E-state index is -0.585. The number of nitro groups is 1. The van der Waals surface area contributed by atoms with Gasteiger partial charge in [0.2, 0.25) is 0 Å². The number of halogens is 3. The molecule has 0 fully saturated rings.